The van der Waals surface area contributed by atoms with E-state index in [0.717, 1.165) is 0 Å². The molecule has 0 radical (unpaired) electrons. The minimum absolute atomic E-state index is 0.0608. The quantitative estimate of drug-likeness (QED) is 0.675. The van der Waals surface area contributed by atoms with E-state index in [1.165, 1.54) is 17.5 Å². The molecule has 1 nitrogen and oxygen atoms in total. The van der Waals surface area contributed by atoms with Gasteiger partial charge < -0.3 is 5.73 Å². The van der Waals surface area contributed by atoms with Gasteiger partial charge in [-0.3, -0.25) is 0 Å². The van der Waals surface area contributed by atoms with E-state index in [4.69, 9.17) is 17.3 Å². The highest BCUT2D eigenvalue weighted by Crippen LogP contribution is 2.19. The molecule has 0 aliphatic rings. The standard InChI is InChI=1S/C8H7ClFNS/c9-6-3-5(8(11)4-12)1-2-7(6)10/h1-4,12H,11H2/b8-4-. The molecule has 0 atom stereocenters. The molecule has 0 heterocycles. The molecule has 0 bridgehead atoms. The van der Waals surface area contributed by atoms with Crippen LogP contribution >= 0.6 is 24.2 Å². The monoisotopic (exact) mass is 203 g/mol. The molecule has 64 valence electrons. The predicted molar refractivity (Wildman–Crippen MR) is 52.6 cm³/mol. The Kier molecular flexibility index (Phi) is 3.00. The summed E-state index contributed by atoms with van der Waals surface area (Å²) in [5, 5.41) is 1.49. The van der Waals surface area contributed by atoms with Gasteiger partial charge in [0.15, 0.2) is 0 Å². The van der Waals surface area contributed by atoms with E-state index in [0.29, 0.717) is 11.3 Å². The summed E-state index contributed by atoms with van der Waals surface area (Å²) in [6.07, 6.45) is 0. The molecule has 12 heavy (non-hydrogen) atoms. The number of hydrogen-bond acceptors (Lipinski definition) is 2. The number of nitrogens with two attached hydrogens (primary N) is 1. The second-order valence-electron chi connectivity index (χ2n) is 2.21. The third kappa shape index (κ3) is 1.93. The topological polar surface area (TPSA) is 26.0 Å². The molecule has 4 heteroatoms. The Balaban J connectivity index is 3.13. The van der Waals surface area contributed by atoms with Crippen LogP contribution in [0.5, 0.6) is 0 Å². The first-order valence-electron chi connectivity index (χ1n) is 3.20. The van der Waals surface area contributed by atoms with Gasteiger partial charge in [0.25, 0.3) is 0 Å². The molecular weight excluding hydrogens is 197 g/mol. The van der Waals surface area contributed by atoms with Gasteiger partial charge in [-0.25, -0.2) is 4.39 Å². The third-order valence-electron chi connectivity index (χ3n) is 1.39. The molecule has 1 aromatic rings. The molecule has 0 saturated carbocycles. The first kappa shape index (κ1) is 9.42. The van der Waals surface area contributed by atoms with E-state index in [2.05, 4.69) is 12.6 Å². The molecule has 0 spiro atoms. The van der Waals surface area contributed by atoms with Crippen molar-refractivity contribution in [2.24, 2.45) is 5.73 Å². The van der Waals surface area contributed by atoms with Gasteiger partial charge in [0.2, 0.25) is 0 Å². The summed E-state index contributed by atoms with van der Waals surface area (Å²) >= 11 is 9.40. The van der Waals surface area contributed by atoms with Crippen molar-refractivity contribution in [2.45, 2.75) is 0 Å². The summed E-state index contributed by atoms with van der Waals surface area (Å²) in [6, 6.07) is 4.27. The maximum Gasteiger partial charge on any atom is 0.141 e. The Bertz CT molecular complexity index is 325. The minimum atomic E-state index is -0.451. The van der Waals surface area contributed by atoms with Crippen LogP contribution in [0.3, 0.4) is 0 Å². The van der Waals surface area contributed by atoms with E-state index in [1.807, 2.05) is 0 Å². The highest BCUT2D eigenvalue weighted by atomic mass is 35.5. The Morgan fingerprint density at radius 3 is 2.75 bits per heavy atom. The predicted octanol–water partition coefficient (Wildman–Crippen LogP) is 2.67. The molecule has 1 rings (SSSR count). The van der Waals surface area contributed by atoms with Crippen LogP contribution in [0.4, 0.5) is 4.39 Å². The highest BCUT2D eigenvalue weighted by Gasteiger charge is 2.01. The number of benzene rings is 1. The summed E-state index contributed by atoms with van der Waals surface area (Å²) in [5.74, 6) is -0.451. The van der Waals surface area contributed by atoms with Crippen LogP contribution in [0.2, 0.25) is 5.02 Å². The maximum absolute atomic E-state index is 12.7. The van der Waals surface area contributed by atoms with Crippen molar-refractivity contribution in [2.75, 3.05) is 0 Å². The second kappa shape index (κ2) is 3.83. The molecule has 0 amide bonds. The van der Waals surface area contributed by atoms with E-state index < -0.39 is 5.82 Å². The molecule has 0 aromatic heterocycles. The molecule has 0 aliphatic carbocycles. The summed E-state index contributed by atoms with van der Waals surface area (Å²) in [6.45, 7) is 0. The summed E-state index contributed by atoms with van der Waals surface area (Å²) in [5.41, 5.74) is 6.64. The number of thiol groups is 1. The SMILES string of the molecule is N/C(=C\S)c1ccc(F)c(Cl)c1. The fourth-order valence-corrected chi connectivity index (χ4v) is 1.08. The first-order valence-corrected chi connectivity index (χ1v) is 4.10. The molecule has 0 fully saturated rings. The smallest absolute Gasteiger partial charge is 0.141 e. The van der Waals surface area contributed by atoms with Crippen LogP contribution in [0.1, 0.15) is 5.56 Å². The summed E-state index contributed by atoms with van der Waals surface area (Å²) < 4.78 is 12.7. The molecule has 0 unspecified atom stereocenters. The first-order chi connectivity index (χ1) is 5.65. The zero-order valence-electron chi connectivity index (χ0n) is 6.09. The van der Waals surface area contributed by atoms with E-state index in [9.17, 15) is 4.39 Å². The van der Waals surface area contributed by atoms with Crippen molar-refractivity contribution in [1.82, 2.24) is 0 Å². The van der Waals surface area contributed by atoms with Gasteiger partial charge in [-0.05, 0) is 29.2 Å². The largest absolute Gasteiger partial charge is 0.398 e. The lowest BCUT2D eigenvalue weighted by molar-refractivity contribution is 0.628. The Morgan fingerprint density at radius 1 is 1.58 bits per heavy atom. The Morgan fingerprint density at radius 2 is 2.25 bits per heavy atom. The van der Waals surface area contributed by atoms with Gasteiger partial charge in [0.05, 0.1) is 5.02 Å². The number of halogens is 2. The average Bonchev–Trinajstić information content (AvgIpc) is 2.08. The van der Waals surface area contributed by atoms with Crippen molar-refractivity contribution >= 4 is 29.9 Å². The normalized spacial score (nSPS) is 11.8. The van der Waals surface area contributed by atoms with Crippen LogP contribution in [0.25, 0.3) is 5.70 Å². The lowest BCUT2D eigenvalue weighted by Crippen LogP contribution is -1.95. The van der Waals surface area contributed by atoms with E-state index in [1.54, 1.807) is 6.07 Å². The molecular formula is C8H7ClFNS. The Hall–Kier alpha value is -0.670. The van der Waals surface area contributed by atoms with Crippen molar-refractivity contribution in [3.63, 3.8) is 0 Å². The molecule has 1 aromatic carbocycles. The van der Waals surface area contributed by atoms with Gasteiger partial charge in [-0.15, -0.1) is 12.6 Å². The van der Waals surface area contributed by atoms with Crippen LogP contribution in [0, 0.1) is 5.82 Å². The van der Waals surface area contributed by atoms with Gasteiger partial charge in [0.1, 0.15) is 5.82 Å². The zero-order valence-corrected chi connectivity index (χ0v) is 7.74. The summed E-state index contributed by atoms with van der Waals surface area (Å²) in [7, 11) is 0. The molecule has 0 aliphatic heterocycles. The third-order valence-corrected chi connectivity index (χ3v) is 1.96. The lowest BCUT2D eigenvalue weighted by Gasteiger charge is -2.00. The second-order valence-corrected chi connectivity index (χ2v) is 2.88. The van der Waals surface area contributed by atoms with E-state index >= 15 is 0 Å². The molecule has 0 saturated heterocycles. The lowest BCUT2D eigenvalue weighted by atomic mass is 10.2. The van der Waals surface area contributed by atoms with E-state index in [-0.39, 0.29) is 5.02 Å². The maximum atomic E-state index is 12.7. The fourth-order valence-electron chi connectivity index (χ4n) is 0.750. The van der Waals surface area contributed by atoms with Gasteiger partial charge in [-0.1, -0.05) is 11.6 Å². The average molecular weight is 204 g/mol. The molecule has 2 N–H and O–H groups in total. The fraction of sp³-hybridized carbons (Fsp3) is 0. The van der Waals surface area contributed by atoms with Crippen LogP contribution in [-0.2, 0) is 0 Å². The van der Waals surface area contributed by atoms with Crippen molar-refractivity contribution in [3.8, 4) is 0 Å². The van der Waals surface area contributed by atoms with Crippen LogP contribution in [0.15, 0.2) is 23.6 Å². The van der Waals surface area contributed by atoms with Crippen molar-refractivity contribution in [3.05, 3.63) is 40.0 Å². The highest BCUT2D eigenvalue weighted by molar-refractivity contribution is 7.83. The van der Waals surface area contributed by atoms with Gasteiger partial charge in [0, 0.05) is 5.70 Å². The number of rotatable bonds is 1. The van der Waals surface area contributed by atoms with Crippen molar-refractivity contribution in [1.29, 1.82) is 0 Å². The Labute approximate surface area is 80.4 Å². The van der Waals surface area contributed by atoms with Crippen molar-refractivity contribution < 1.29 is 4.39 Å². The van der Waals surface area contributed by atoms with Gasteiger partial charge >= 0.3 is 0 Å². The van der Waals surface area contributed by atoms with Crippen LogP contribution < -0.4 is 5.73 Å². The van der Waals surface area contributed by atoms with Gasteiger partial charge in [-0.2, -0.15) is 0 Å². The number of hydrogen-bond donors (Lipinski definition) is 2. The van der Waals surface area contributed by atoms with Crippen LogP contribution in [-0.4, -0.2) is 0 Å². The summed E-state index contributed by atoms with van der Waals surface area (Å²) in [4.78, 5) is 0. The zero-order chi connectivity index (χ0) is 9.14. The minimum Gasteiger partial charge on any atom is -0.398 e.